The minimum Gasteiger partial charge on any atom is -0.382 e. The van der Waals surface area contributed by atoms with Crippen molar-refractivity contribution in [3.8, 4) is 0 Å². The van der Waals surface area contributed by atoms with E-state index < -0.39 is 86.0 Å². The van der Waals surface area contributed by atoms with E-state index in [0.717, 1.165) is 0 Å². The maximum atomic E-state index is 6.72. The predicted octanol–water partition coefficient (Wildman–Crippen LogP) is -0.00440. The molecule has 0 spiro atoms. The monoisotopic (exact) mass is 628 g/mol. The van der Waals surface area contributed by atoms with Crippen LogP contribution in [0.3, 0.4) is 0 Å². The Kier molecular flexibility index (Phi) is 15.4. The summed E-state index contributed by atoms with van der Waals surface area (Å²) in [4.78, 5) is 0. The molecule has 0 unspecified atom stereocenters. The van der Waals surface area contributed by atoms with Crippen LogP contribution >= 0.6 is 0 Å². The molecule has 15 atom stereocenters. The topological polar surface area (TPSA) is 138 Å². The summed E-state index contributed by atoms with van der Waals surface area (Å²) in [5.74, 6) is 0. The summed E-state index contributed by atoms with van der Waals surface area (Å²) in [5.41, 5.74) is 0. The Morgan fingerprint density at radius 3 is 1.26 bits per heavy atom. The molecular formula is C28H52O15. The van der Waals surface area contributed by atoms with Crippen LogP contribution in [0.15, 0.2) is 0 Å². The highest BCUT2D eigenvalue weighted by Crippen LogP contribution is 2.36. The summed E-state index contributed by atoms with van der Waals surface area (Å²) < 4.78 is 89.5. The number of hydrogen-bond acceptors (Lipinski definition) is 15. The second kappa shape index (κ2) is 17.9. The highest BCUT2D eigenvalue weighted by Gasteiger charge is 2.56. The van der Waals surface area contributed by atoms with Gasteiger partial charge in [0, 0.05) is 71.1 Å². The molecule has 0 aliphatic carbocycles. The number of rotatable bonds is 16. The van der Waals surface area contributed by atoms with Gasteiger partial charge in [-0.3, -0.25) is 0 Å². The van der Waals surface area contributed by atoms with Crippen LogP contribution in [0, 0.1) is 0 Å². The van der Waals surface area contributed by atoms with Gasteiger partial charge in [0.15, 0.2) is 18.9 Å². The lowest BCUT2D eigenvalue weighted by Crippen LogP contribution is -2.67. The van der Waals surface area contributed by atoms with Gasteiger partial charge >= 0.3 is 0 Å². The molecule has 0 saturated carbocycles. The van der Waals surface area contributed by atoms with Gasteiger partial charge in [0.25, 0.3) is 0 Å². The third-order valence-electron chi connectivity index (χ3n) is 8.29. The Morgan fingerprint density at radius 1 is 0.372 bits per heavy atom. The molecule has 0 amide bonds. The van der Waals surface area contributed by atoms with Gasteiger partial charge in [-0.15, -0.1) is 0 Å². The van der Waals surface area contributed by atoms with E-state index >= 15 is 0 Å². The number of hydrogen-bond donors (Lipinski definition) is 0. The average molecular weight is 629 g/mol. The van der Waals surface area contributed by atoms with Crippen LogP contribution in [-0.2, 0) is 71.1 Å². The smallest absolute Gasteiger partial charge is 0.187 e. The SMILES string of the molecule is COC[C@H]1O[C@H](O[C@H]2[C@H](OC)[C@@H](OC)[C@@H](OC)O[C@@H]2COC)[C@H](O[C@@H]2O[C@@H](C)[C@@H](OC)[C@@H](OC)[C@@H]2OC)[C@@H](OC)[C@H]1OC. The molecule has 0 aromatic carbocycles. The molecule has 0 aromatic heterocycles. The second-order valence-electron chi connectivity index (χ2n) is 10.5. The zero-order chi connectivity index (χ0) is 31.7. The van der Waals surface area contributed by atoms with E-state index in [0.29, 0.717) is 0 Å². The fourth-order valence-electron chi connectivity index (χ4n) is 6.27. The van der Waals surface area contributed by atoms with Crippen LogP contribution < -0.4 is 0 Å². The van der Waals surface area contributed by atoms with Crippen molar-refractivity contribution in [3.05, 3.63) is 0 Å². The van der Waals surface area contributed by atoms with Crippen LogP contribution in [0.2, 0.25) is 0 Å². The molecule has 0 radical (unpaired) electrons. The zero-order valence-electron chi connectivity index (χ0n) is 27.2. The van der Waals surface area contributed by atoms with Crippen molar-refractivity contribution in [3.63, 3.8) is 0 Å². The van der Waals surface area contributed by atoms with E-state index in [1.54, 1.807) is 64.0 Å². The Balaban J connectivity index is 2.01. The van der Waals surface area contributed by atoms with Gasteiger partial charge in [-0.1, -0.05) is 0 Å². The fraction of sp³-hybridized carbons (Fsp3) is 1.00. The summed E-state index contributed by atoms with van der Waals surface area (Å²) in [6, 6.07) is 0. The molecule has 3 aliphatic rings. The summed E-state index contributed by atoms with van der Waals surface area (Å²) in [5, 5.41) is 0. The molecular weight excluding hydrogens is 576 g/mol. The average Bonchev–Trinajstić information content (AvgIpc) is 3.01. The Labute approximate surface area is 254 Å². The maximum absolute atomic E-state index is 6.72. The lowest BCUT2D eigenvalue weighted by Gasteiger charge is -2.51. The third-order valence-corrected chi connectivity index (χ3v) is 8.29. The van der Waals surface area contributed by atoms with Gasteiger partial charge in [-0.25, -0.2) is 0 Å². The van der Waals surface area contributed by atoms with Crippen molar-refractivity contribution in [1.29, 1.82) is 0 Å². The first-order valence-electron chi connectivity index (χ1n) is 14.3. The normalized spacial score (nSPS) is 44.0. The van der Waals surface area contributed by atoms with Gasteiger partial charge in [-0.2, -0.15) is 0 Å². The third kappa shape index (κ3) is 8.04. The van der Waals surface area contributed by atoms with Crippen LogP contribution in [0.25, 0.3) is 0 Å². The van der Waals surface area contributed by atoms with E-state index in [2.05, 4.69) is 0 Å². The highest BCUT2D eigenvalue weighted by atomic mass is 16.8. The zero-order valence-corrected chi connectivity index (χ0v) is 27.2. The molecule has 15 heteroatoms. The molecule has 254 valence electrons. The number of methoxy groups -OCH3 is 10. The minimum absolute atomic E-state index is 0.178. The first kappa shape index (κ1) is 36.9. The molecule has 3 saturated heterocycles. The molecule has 0 bridgehead atoms. The lowest BCUT2D eigenvalue weighted by atomic mass is 9.95. The first-order chi connectivity index (χ1) is 20.8. The van der Waals surface area contributed by atoms with Gasteiger partial charge in [0.1, 0.15) is 67.1 Å². The summed E-state index contributed by atoms with van der Waals surface area (Å²) >= 11 is 0. The van der Waals surface area contributed by atoms with Crippen molar-refractivity contribution < 1.29 is 71.1 Å². The molecule has 15 nitrogen and oxygen atoms in total. The van der Waals surface area contributed by atoms with Crippen molar-refractivity contribution >= 4 is 0 Å². The number of ether oxygens (including phenoxy) is 15. The van der Waals surface area contributed by atoms with E-state index in [1.165, 1.54) is 7.11 Å². The fourth-order valence-corrected chi connectivity index (χ4v) is 6.27. The van der Waals surface area contributed by atoms with Crippen molar-refractivity contribution in [2.24, 2.45) is 0 Å². The first-order valence-corrected chi connectivity index (χ1v) is 14.3. The highest BCUT2D eigenvalue weighted by molar-refractivity contribution is 4.98. The quantitative estimate of drug-likeness (QED) is 0.226. The summed E-state index contributed by atoms with van der Waals surface area (Å²) in [6.07, 6.45) is -9.95. The van der Waals surface area contributed by atoms with E-state index in [9.17, 15) is 0 Å². The van der Waals surface area contributed by atoms with Crippen LogP contribution in [0.4, 0.5) is 0 Å². The second-order valence-corrected chi connectivity index (χ2v) is 10.5. The van der Waals surface area contributed by atoms with Gasteiger partial charge in [0.2, 0.25) is 0 Å². The molecule has 0 N–H and O–H groups in total. The Bertz CT molecular complexity index is 778. The Morgan fingerprint density at radius 2 is 0.767 bits per heavy atom. The van der Waals surface area contributed by atoms with Crippen molar-refractivity contribution in [1.82, 2.24) is 0 Å². The Hall–Kier alpha value is -0.600. The minimum atomic E-state index is -1.05. The van der Waals surface area contributed by atoms with E-state index in [4.69, 9.17) is 71.1 Å². The van der Waals surface area contributed by atoms with Crippen molar-refractivity contribution in [2.45, 2.75) is 99.0 Å². The molecule has 3 heterocycles. The van der Waals surface area contributed by atoms with Crippen LogP contribution in [0.1, 0.15) is 6.92 Å². The predicted molar refractivity (Wildman–Crippen MR) is 148 cm³/mol. The molecule has 3 aliphatic heterocycles. The molecule has 0 aromatic rings. The van der Waals surface area contributed by atoms with Gasteiger partial charge < -0.3 is 71.1 Å². The van der Waals surface area contributed by atoms with E-state index in [1.807, 2.05) is 6.92 Å². The molecule has 3 fully saturated rings. The summed E-state index contributed by atoms with van der Waals surface area (Å²) in [7, 11) is 15.7. The molecule has 3 rings (SSSR count). The molecule has 43 heavy (non-hydrogen) atoms. The largest absolute Gasteiger partial charge is 0.382 e. The standard InChI is InChI=1S/C28H52O15/c1-14-17(31-4)20(33-6)24(37-10)27(39-14)43-25-21(34-7)18(32-5)15(12-29-2)41-28(25)42-19-16(13-30-3)40-26(38-11)23(36-9)22(19)35-8/h14-28H,12-13H2,1-11H3/t14-,15+,16+,17+,18-,19+,20+,21-,22-,23+,24-,25+,26-,27-,28+/m0/s1. The van der Waals surface area contributed by atoms with Crippen LogP contribution in [-0.4, -0.2) is 176 Å². The van der Waals surface area contributed by atoms with Crippen LogP contribution in [0.5, 0.6) is 0 Å². The van der Waals surface area contributed by atoms with Crippen molar-refractivity contribution in [2.75, 3.05) is 84.3 Å². The van der Waals surface area contributed by atoms with E-state index in [-0.39, 0.29) is 19.3 Å². The van der Waals surface area contributed by atoms with Gasteiger partial charge in [0.05, 0.1) is 19.3 Å². The lowest BCUT2D eigenvalue weighted by molar-refractivity contribution is -0.392. The maximum Gasteiger partial charge on any atom is 0.187 e. The summed E-state index contributed by atoms with van der Waals surface area (Å²) in [6.45, 7) is 2.26. The van der Waals surface area contributed by atoms with Gasteiger partial charge in [-0.05, 0) is 6.92 Å².